The maximum atomic E-state index is 5.71. The van der Waals surface area contributed by atoms with Gasteiger partial charge in [-0.05, 0) is 19.3 Å². The summed E-state index contributed by atoms with van der Waals surface area (Å²) in [7, 11) is 1.74. The lowest BCUT2D eigenvalue weighted by atomic mass is 9.84. The van der Waals surface area contributed by atoms with Crippen molar-refractivity contribution in [1.82, 2.24) is 10.1 Å². The number of nitrogens with two attached hydrogens (primary N) is 1. The minimum atomic E-state index is -0.340. The highest BCUT2D eigenvalue weighted by Gasteiger charge is 2.38. The van der Waals surface area contributed by atoms with E-state index in [9.17, 15) is 0 Å². The summed E-state index contributed by atoms with van der Waals surface area (Å²) in [5.41, 5.74) is 5.37. The molecule has 2 rings (SSSR count). The number of rotatable bonds is 5. The van der Waals surface area contributed by atoms with Gasteiger partial charge in [-0.3, -0.25) is 0 Å². The number of hydrogen-bond acceptors (Lipinski definition) is 5. The first-order valence-corrected chi connectivity index (χ1v) is 6.85. The van der Waals surface area contributed by atoms with Gasteiger partial charge >= 0.3 is 0 Å². The largest absolute Gasteiger partial charge is 0.370 e. The second-order valence-electron chi connectivity index (χ2n) is 5.06. The molecule has 0 aromatic carbocycles. The average Bonchev–Trinajstić information content (AvgIpc) is 2.91. The van der Waals surface area contributed by atoms with Crippen LogP contribution in [-0.4, -0.2) is 23.8 Å². The van der Waals surface area contributed by atoms with Gasteiger partial charge in [0.05, 0.1) is 5.92 Å². The lowest BCUT2D eigenvalue weighted by Gasteiger charge is -2.32. The fourth-order valence-corrected chi connectivity index (χ4v) is 2.67. The summed E-state index contributed by atoms with van der Waals surface area (Å²) in [6.45, 7) is 2.62. The van der Waals surface area contributed by atoms with Crippen molar-refractivity contribution in [3.05, 3.63) is 11.7 Å². The Balaban J connectivity index is 2.21. The van der Waals surface area contributed by atoms with E-state index in [0.29, 0.717) is 18.3 Å². The molecule has 1 atom stereocenters. The minimum absolute atomic E-state index is 0.156. The van der Waals surface area contributed by atoms with E-state index in [2.05, 4.69) is 17.1 Å². The van der Waals surface area contributed by atoms with Crippen molar-refractivity contribution in [2.75, 3.05) is 13.7 Å². The lowest BCUT2D eigenvalue weighted by molar-refractivity contribution is -0.0527. The van der Waals surface area contributed by atoms with Crippen molar-refractivity contribution in [3.63, 3.8) is 0 Å². The molecule has 5 heteroatoms. The van der Waals surface area contributed by atoms with Gasteiger partial charge in [0.15, 0.2) is 0 Å². The summed E-state index contributed by atoms with van der Waals surface area (Å²) in [4.78, 5) is 4.54. The Labute approximate surface area is 108 Å². The van der Waals surface area contributed by atoms with Crippen molar-refractivity contribution < 1.29 is 9.26 Å². The number of aromatic nitrogens is 2. The van der Waals surface area contributed by atoms with E-state index in [1.807, 2.05) is 0 Å². The van der Waals surface area contributed by atoms with Gasteiger partial charge in [0, 0.05) is 13.7 Å². The Kier molecular flexibility index (Phi) is 4.35. The van der Waals surface area contributed by atoms with Gasteiger partial charge in [0.25, 0.3) is 0 Å². The predicted octanol–water partition coefficient (Wildman–Crippen LogP) is 2.33. The van der Waals surface area contributed by atoms with Gasteiger partial charge in [-0.15, -0.1) is 0 Å². The van der Waals surface area contributed by atoms with E-state index >= 15 is 0 Å². The Morgan fingerprint density at radius 3 is 2.67 bits per heavy atom. The van der Waals surface area contributed by atoms with Crippen molar-refractivity contribution in [3.8, 4) is 0 Å². The van der Waals surface area contributed by atoms with E-state index in [0.717, 1.165) is 32.1 Å². The van der Waals surface area contributed by atoms with Crippen LogP contribution in [0.3, 0.4) is 0 Å². The minimum Gasteiger partial charge on any atom is -0.370 e. The standard InChI is InChI=1S/C13H23N3O2/c1-3-10(9-14)11-15-12(16-18-11)13(17-2)7-5-4-6-8-13/h10H,3-9,14H2,1-2H3. The van der Waals surface area contributed by atoms with Gasteiger partial charge < -0.3 is 15.0 Å². The summed E-state index contributed by atoms with van der Waals surface area (Å²) >= 11 is 0. The molecule has 102 valence electrons. The molecule has 1 fully saturated rings. The molecule has 1 heterocycles. The molecule has 1 aliphatic rings. The molecule has 0 aliphatic heterocycles. The van der Waals surface area contributed by atoms with Gasteiger partial charge in [-0.1, -0.05) is 31.3 Å². The first kappa shape index (κ1) is 13.5. The van der Waals surface area contributed by atoms with Gasteiger partial charge in [0.1, 0.15) is 5.60 Å². The van der Waals surface area contributed by atoms with Crippen molar-refractivity contribution in [2.24, 2.45) is 5.73 Å². The highest BCUT2D eigenvalue weighted by Crippen LogP contribution is 2.38. The zero-order chi connectivity index (χ0) is 13.0. The predicted molar refractivity (Wildman–Crippen MR) is 68.2 cm³/mol. The highest BCUT2D eigenvalue weighted by molar-refractivity contribution is 5.05. The summed E-state index contributed by atoms with van der Waals surface area (Å²) < 4.78 is 11.1. The first-order valence-electron chi connectivity index (χ1n) is 6.85. The maximum absolute atomic E-state index is 5.71. The van der Waals surface area contributed by atoms with Gasteiger partial charge in [-0.2, -0.15) is 4.98 Å². The summed E-state index contributed by atoms with van der Waals surface area (Å²) in [5.74, 6) is 1.51. The molecule has 1 aromatic rings. The van der Waals surface area contributed by atoms with Crippen LogP contribution in [0.2, 0.25) is 0 Å². The number of hydrogen-bond donors (Lipinski definition) is 1. The Morgan fingerprint density at radius 1 is 1.39 bits per heavy atom. The molecule has 0 amide bonds. The summed E-state index contributed by atoms with van der Waals surface area (Å²) in [6, 6.07) is 0. The molecule has 1 aliphatic carbocycles. The normalized spacial score (nSPS) is 20.8. The Hall–Kier alpha value is -0.940. The fraction of sp³-hybridized carbons (Fsp3) is 0.846. The molecule has 0 bridgehead atoms. The van der Waals surface area contributed by atoms with E-state index in [1.165, 1.54) is 6.42 Å². The molecule has 2 N–H and O–H groups in total. The number of nitrogens with zero attached hydrogens (tertiary/aromatic N) is 2. The molecule has 18 heavy (non-hydrogen) atoms. The summed E-state index contributed by atoms with van der Waals surface area (Å²) in [5, 5.41) is 4.13. The van der Waals surface area contributed by atoms with Crippen molar-refractivity contribution >= 4 is 0 Å². The SMILES string of the molecule is CCC(CN)c1nc(C2(OC)CCCCC2)no1. The van der Waals surface area contributed by atoms with Gasteiger partial charge in [-0.25, -0.2) is 0 Å². The average molecular weight is 253 g/mol. The number of methoxy groups -OCH3 is 1. The molecule has 1 unspecified atom stereocenters. The molecule has 0 radical (unpaired) electrons. The van der Waals surface area contributed by atoms with Crippen LogP contribution in [0.4, 0.5) is 0 Å². The van der Waals surface area contributed by atoms with Crippen LogP contribution in [0.15, 0.2) is 4.52 Å². The molecular formula is C13H23N3O2. The van der Waals surface area contributed by atoms with Crippen molar-refractivity contribution in [2.45, 2.75) is 57.0 Å². The lowest BCUT2D eigenvalue weighted by Crippen LogP contribution is -2.32. The monoisotopic (exact) mass is 253 g/mol. The second-order valence-corrected chi connectivity index (χ2v) is 5.06. The van der Waals surface area contributed by atoms with Crippen LogP contribution in [0.1, 0.15) is 63.1 Å². The third-order valence-corrected chi connectivity index (χ3v) is 4.03. The smallest absolute Gasteiger partial charge is 0.231 e. The zero-order valence-corrected chi connectivity index (χ0v) is 11.3. The van der Waals surface area contributed by atoms with Crippen LogP contribution in [0.25, 0.3) is 0 Å². The highest BCUT2D eigenvalue weighted by atomic mass is 16.5. The van der Waals surface area contributed by atoms with E-state index < -0.39 is 0 Å². The second kappa shape index (κ2) is 5.80. The van der Waals surface area contributed by atoms with E-state index in [1.54, 1.807) is 7.11 Å². The van der Waals surface area contributed by atoms with Crippen LogP contribution in [0, 0.1) is 0 Å². The molecular weight excluding hydrogens is 230 g/mol. The molecule has 1 saturated carbocycles. The summed E-state index contributed by atoms with van der Waals surface area (Å²) in [6.07, 6.45) is 6.44. The Morgan fingerprint density at radius 2 is 2.11 bits per heavy atom. The third kappa shape index (κ3) is 2.42. The third-order valence-electron chi connectivity index (χ3n) is 4.03. The van der Waals surface area contributed by atoms with E-state index in [4.69, 9.17) is 15.0 Å². The fourth-order valence-electron chi connectivity index (χ4n) is 2.67. The maximum Gasteiger partial charge on any atom is 0.231 e. The van der Waals surface area contributed by atoms with Crippen LogP contribution in [0.5, 0.6) is 0 Å². The molecule has 5 nitrogen and oxygen atoms in total. The molecule has 0 spiro atoms. The zero-order valence-electron chi connectivity index (χ0n) is 11.3. The van der Waals surface area contributed by atoms with Crippen LogP contribution in [-0.2, 0) is 10.3 Å². The van der Waals surface area contributed by atoms with Crippen molar-refractivity contribution in [1.29, 1.82) is 0 Å². The Bertz CT molecular complexity index is 368. The first-order chi connectivity index (χ1) is 8.75. The van der Waals surface area contributed by atoms with Gasteiger partial charge in [0.2, 0.25) is 11.7 Å². The van der Waals surface area contributed by atoms with Crippen LogP contribution >= 0.6 is 0 Å². The quantitative estimate of drug-likeness (QED) is 0.871. The topological polar surface area (TPSA) is 74.2 Å². The van der Waals surface area contributed by atoms with Crippen LogP contribution < -0.4 is 5.73 Å². The molecule has 0 saturated heterocycles. The molecule has 1 aromatic heterocycles. The van der Waals surface area contributed by atoms with E-state index in [-0.39, 0.29) is 11.5 Å². The number of ether oxygens (including phenoxy) is 1.